The van der Waals surface area contributed by atoms with Crippen LogP contribution in [0.25, 0.3) is 0 Å². The van der Waals surface area contributed by atoms with Crippen molar-refractivity contribution >= 4 is 17.3 Å². The molecule has 5 heteroatoms. The van der Waals surface area contributed by atoms with Gasteiger partial charge in [0.15, 0.2) is 0 Å². The van der Waals surface area contributed by atoms with E-state index in [0.717, 1.165) is 11.4 Å². The van der Waals surface area contributed by atoms with Crippen molar-refractivity contribution < 1.29 is 9.53 Å². The molecule has 1 aliphatic heterocycles. The van der Waals surface area contributed by atoms with Gasteiger partial charge in [-0.1, -0.05) is 32.9 Å². The predicted octanol–water partition coefficient (Wildman–Crippen LogP) is 3.60. The molecule has 0 radical (unpaired) electrons. The molecule has 1 N–H and O–H groups in total. The number of nitrogens with zero attached hydrogens (tertiary/aromatic N) is 2. The van der Waals surface area contributed by atoms with Crippen molar-refractivity contribution in [3.05, 3.63) is 53.9 Å². The molecular formula is C20H25N3O2. The first kappa shape index (κ1) is 17.4. The number of pyridine rings is 1. The Morgan fingerprint density at radius 1 is 1.08 bits per heavy atom. The second kappa shape index (κ2) is 7.23. The topological polar surface area (TPSA) is 54.5 Å². The number of aromatic nitrogens is 1. The molecule has 0 spiro atoms. The van der Waals surface area contributed by atoms with E-state index in [1.54, 1.807) is 17.2 Å². The summed E-state index contributed by atoms with van der Waals surface area (Å²) in [6, 6.07) is 12.0. The van der Waals surface area contributed by atoms with Gasteiger partial charge >= 0.3 is 0 Å². The van der Waals surface area contributed by atoms with Crippen molar-refractivity contribution in [1.82, 2.24) is 9.88 Å². The summed E-state index contributed by atoms with van der Waals surface area (Å²) >= 11 is 0. The van der Waals surface area contributed by atoms with Crippen LogP contribution in [0.5, 0.6) is 0 Å². The number of rotatable bonds is 3. The van der Waals surface area contributed by atoms with Crippen LogP contribution in [0.1, 0.15) is 36.8 Å². The van der Waals surface area contributed by atoms with Gasteiger partial charge in [0.05, 0.1) is 13.2 Å². The average molecular weight is 339 g/mol. The fraction of sp³-hybridized carbons (Fsp3) is 0.400. The van der Waals surface area contributed by atoms with Gasteiger partial charge in [-0.2, -0.15) is 0 Å². The molecule has 0 bridgehead atoms. The summed E-state index contributed by atoms with van der Waals surface area (Å²) < 4.78 is 5.30. The number of benzene rings is 1. The average Bonchev–Trinajstić information content (AvgIpc) is 2.62. The molecule has 25 heavy (non-hydrogen) atoms. The minimum absolute atomic E-state index is 0.0463. The van der Waals surface area contributed by atoms with Crippen molar-refractivity contribution in [2.24, 2.45) is 0 Å². The standard InChI is InChI=1S/C20H25N3O2/c1-20(2,3)15-4-6-16(7-5-15)22-17-8-9-21-18(14-17)19(24)23-10-12-25-13-11-23/h4-9,14H,10-13H2,1-3H3,(H,21,22). The molecule has 5 nitrogen and oxygen atoms in total. The first-order chi connectivity index (χ1) is 11.9. The van der Waals surface area contributed by atoms with E-state index in [1.165, 1.54) is 5.56 Å². The van der Waals surface area contributed by atoms with Crippen LogP contribution in [0.4, 0.5) is 11.4 Å². The van der Waals surface area contributed by atoms with Crippen LogP contribution in [0, 0.1) is 0 Å². The van der Waals surface area contributed by atoms with E-state index in [1.807, 2.05) is 6.07 Å². The van der Waals surface area contributed by atoms with Crippen LogP contribution in [0.3, 0.4) is 0 Å². The van der Waals surface area contributed by atoms with Crippen LogP contribution >= 0.6 is 0 Å². The molecule has 1 aliphatic rings. The van der Waals surface area contributed by atoms with Crippen LogP contribution in [-0.4, -0.2) is 42.1 Å². The van der Waals surface area contributed by atoms with Gasteiger partial charge in [0.25, 0.3) is 5.91 Å². The Bertz CT molecular complexity index is 729. The van der Waals surface area contributed by atoms with E-state index in [0.29, 0.717) is 32.0 Å². The second-order valence-electron chi connectivity index (χ2n) is 7.29. The van der Waals surface area contributed by atoms with Crippen LogP contribution < -0.4 is 5.32 Å². The van der Waals surface area contributed by atoms with Gasteiger partial charge in [-0.25, -0.2) is 0 Å². The third-order valence-corrected chi connectivity index (χ3v) is 4.32. The lowest BCUT2D eigenvalue weighted by Gasteiger charge is -2.26. The molecule has 0 aliphatic carbocycles. The first-order valence-electron chi connectivity index (χ1n) is 8.64. The van der Waals surface area contributed by atoms with Crippen LogP contribution in [0.2, 0.25) is 0 Å². The van der Waals surface area contributed by atoms with E-state index in [4.69, 9.17) is 4.74 Å². The predicted molar refractivity (Wildman–Crippen MR) is 99.4 cm³/mol. The highest BCUT2D eigenvalue weighted by molar-refractivity contribution is 5.93. The molecule has 1 saturated heterocycles. The molecule has 3 rings (SSSR count). The molecule has 2 heterocycles. The van der Waals surface area contributed by atoms with Gasteiger partial charge in [-0.15, -0.1) is 0 Å². The number of nitrogens with one attached hydrogen (secondary N) is 1. The van der Waals surface area contributed by atoms with Gasteiger partial charge in [0.2, 0.25) is 0 Å². The lowest BCUT2D eigenvalue weighted by atomic mass is 9.87. The number of morpholine rings is 1. The molecule has 0 saturated carbocycles. The van der Waals surface area contributed by atoms with E-state index >= 15 is 0 Å². The highest BCUT2D eigenvalue weighted by Gasteiger charge is 2.19. The van der Waals surface area contributed by atoms with Gasteiger partial charge < -0.3 is 15.0 Å². The fourth-order valence-corrected chi connectivity index (χ4v) is 2.77. The maximum Gasteiger partial charge on any atom is 0.272 e. The summed E-state index contributed by atoms with van der Waals surface area (Å²) in [5.74, 6) is -0.0463. The molecule has 1 aromatic heterocycles. The maximum atomic E-state index is 12.5. The summed E-state index contributed by atoms with van der Waals surface area (Å²) in [7, 11) is 0. The number of carbonyl (C=O) groups is 1. The third kappa shape index (κ3) is 4.37. The zero-order chi connectivity index (χ0) is 17.9. The molecule has 2 aromatic rings. The highest BCUT2D eigenvalue weighted by atomic mass is 16.5. The normalized spacial score (nSPS) is 15.1. The molecule has 132 valence electrons. The fourth-order valence-electron chi connectivity index (χ4n) is 2.77. The van der Waals surface area contributed by atoms with Crippen molar-refractivity contribution in [3.63, 3.8) is 0 Å². The van der Waals surface area contributed by atoms with E-state index < -0.39 is 0 Å². The Morgan fingerprint density at radius 2 is 1.76 bits per heavy atom. The lowest BCUT2D eigenvalue weighted by Crippen LogP contribution is -2.41. The van der Waals surface area contributed by atoms with E-state index in [-0.39, 0.29) is 11.3 Å². The molecular weight excluding hydrogens is 314 g/mol. The van der Waals surface area contributed by atoms with E-state index in [2.05, 4.69) is 55.3 Å². The summed E-state index contributed by atoms with van der Waals surface area (Å²) in [4.78, 5) is 18.6. The Kier molecular flexibility index (Phi) is 5.04. The van der Waals surface area contributed by atoms with Gasteiger partial charge in [-0.3, -0.25) is 9.78 Å². The SMILES string of the molecule is CC(C)(C)c1ccc(Nc2ccnc(C(=O)N3CCOCC3)c2)cc1. The number of amides is 1. The van der Waals surface area contributed by atoms with Crippen LogP contribution in [-0.2, 0) is 10.2 Å². The smallest absolute Gasteiger partial charge is 0.272 e. The second-order valence-corrected chi connectivity index (χ2v) is 7.29. The Labute approximate surface area is 149 Å². The van der Waals surface area contributed by atoms with Gasteiger partial charge in [0.1, 0.15) is 5.69 Å². The Morgan fingerprint density at radius 3 is 2.40 bits per heavy atom. The third-order valence-electron chi connectivity index (χ3n) is 4.32. The van der Waals surface area contributed by atoms with E-state index in [9.17, 15) is 4.79 Å². The summed E-state index contributed by atoms with van der Waals surface area (Å²) in [6.45, 7) is 9.00. The first-order valence-corrected chi connectivity index (χ1v) is 8.64. The number of hydrogen-bond donors (Lipinski definition) is 1. The minimum Gasteiger partial charge on any atom is -0.378 e. The number of carbonyl (C=O) groups excluding carboxylic acids is 1. The number of ether oxygens (including phenoxy) is 1. The lowest BCUT2D eigenvalue weighted by molar-refractivity contribution is 0.0299. The maximum absolute atomic E-state index is 12.5. The zero-order valence-corrected chi connectivity index (χ0v) is 15.1. The van der Waals surface area contributed by atoms with Crippen molar-refractivity contribution in [1.29, 1.82) is 0 Å². The van der Waals surface area contributed by atoms with Crippen molar-refractivity contribution in [2.75, 3.05) is 31.6 Å². The zero-order valence-electron chi connectivity index (χ0n) is 15.1. The quantitative estimate of drug-likeness (QED) is 0.928. The molecule has 0 atom stereocenters. The highest BCUT2D eigenvalue weighted by Crippen LogP contribution is 2.25. The van der Waals surface area contributed by atoms with Crippen molar-refractivity contribution in [2.45, 2.75) is 26.2 Å². The molecule has 1 aromatic carbocycles. The Hall–Kier alpha value is -2.40. The summed E-state index contributed by atoms with van der Waals surface area (Å²) in [5, 5.41) is 3.35. The number of hydrogen-bond acceptors (Lipinski definition) is 4. The molecule has 1 amide bonds. The van der Waals surface area contributed by atoms with Gasteiger partial charge in [-0.05, 0) is 35.2 Å². The molecule has 0 unspecified atom stereocenters. The Balaban J connectivity index is 1.72. The summed E-state index contributed by atoms with van der Waals surface area (Å²) in [6.07, 6.45) is 1.67. The molecule has 1 fully saturated rings. The van der Waals surface area contributed by atoms with Crippen LogP contribution in [0.15, 0.2) is 42.6 Å². The minimum atomic E-state index is -0.0463. The monoisotopic (exact) mass is 339 g/mol. The largest absolute Gasteiger partial charge is 0.378 e. The number of anilines is 2. The van der Waals surface area contributed by atoms with Gasteiger partial charge in [0, 0.05) is 30.7 Å². The summed E-state index contributed by atoms with van der Waals surface area (Å²) in [5.41, 5.74) is 3.72. The van der Waals surface area contributed by atoms with Crippen molar-refractivity contribution in [3.8, 4) is 0 Å².